The maximum absolute atomic E-state index is 5.54. The van der Waals surface area contributed by atoms with Crippen molar-refractivity contribution in [3.8, 4) is 0 Å². The summed E-state index contributed by atoms with van der Waals surface area (Å²) >= 11 is 1.74. The molecule has 0 spiro atoms. The molecule has 2 rings (SSSR count). The lowest BCUT2D eigenvalue weighted by Crippen LogP contribution is -2.29. The lowest BCUT2D eigenvalue weighted by atomic mass is 10.1. The minimum absolute atomic E-state index is 0.126. The number of furan rings is 1. The standard InChI is InChI=1S/C11H14N2OS/c1-8-5-9(7-14-8)11(13-12)6-10-3-2-4-15-10/h2-5,7,11,13H,6,12H2,1H3. The maximum Gasteiger partial charge on any atom is 0.101 e. The van der Waals surface area contributed by atoms with E-state index in [-0.39, 0.29) is 6.04 Å². The van der Waals surface area contributed by atoms with E-state index in [4.69, 9.17) is 10.3 Å². The van der Waals surface area contributed by atoms with Crippen LogP contribution in [0.1, 0.15) is 22.2 Å². The fourth-order valence-corrected chi connectivity index (χ4v) is 2.30. The van der Waals surface area contributed by atoms with Gasteiger partial charge < -0.3 is 4.42 Å². The van der Waals surface area contributed by atoms with Crippen LogP contribution in [0.5, 0.6) is 0 Å². The Labute approximate surface area is 92.9 Å². The highest BCUT2D eigenvalue weighted by Crippen LogP contribution is 2.22. The normalized spacial score (nSPS) is 12.9. The molecule has 0 aliphatic heterocycles. The Morgan fingerprint density at radius 1 is 1.60 bits per heavy atom. The van der Waals surface area contributed by atoms with Crippen LogP contribution < -0.4 is 11.3 Å². The first-order valence-electron chi connectivity index (χ1n) is 4.83. The zero-order chi connectivity index (χ0) is 10.7. The first kappa shape index (κ1) is 10.4. The van der Waals surface area contributed by atoms with Gasteiger partial charge in [-0.15, -0.1) is 11.3 Å². The highest BCUT2D eigenvalue weighted by molar-refractivity contribution is 7.09. The maximum atomic E-state index is 5.54. The Kier molecular flexibility index (Phi) is 3.20. The van der Waals surface area contributed by atoms with Gasteiger partial charge in [0.25, 0.3) is 0 Å². The number of nitrogens with one attached hydrogen (secondary N) is 1. The first-order chi connectivity index (χ1) is 7.29. The summed E-state index contributed by atoms with van der Waals surface area (Å²) in [6, 6.07) is 6.30. The number of thiophene rings is 1. The molecule has 0 radical (unpaired) electrons. The summed E-state index contributed by atoms with van der Waals surface area (Å²) in [5.74, 6) is 6.46. The average Bonchev–Trinajstić information content (AvgIpc) is 2.85. The molecule has 0 bridgehead atoms. The second kappa shape index (κ2) is 4.61. The Morgan fingerprint density at radius 2 is 2.47 bits per heavy atom. The summed E-state index contributed by atoms with van der Waals surface area (Å²) in [7, 11) is 0. The van der Waals surface area contributed by atoms with E-state index in [1.807, 2.05) is 19.1 Å². The van der Waals surface area contributed by atoms with Crippen molar-refractivity contribution in [3.05, 3.63) is 46.0 Å². The molecular formula is C11H14N2OS. The molecule has 0 aliphatic carbocycles. The van der Waals surface area contributed by atoms with E-state index in [0.717, 1.165) is 17.7 Å². The molecule has 2 aromatic heterocycles. The highest BCUT2D eigenvalue weighted by Gasteiger charge is 2.13. The summed E-state index contributed by atoms with van der Waals surface area (Å²) < 4.78 is 5.27. The molecule has 1 atom stereocenters. The van der Waals surface area contributed by atoms with E-state index in [9.17, 15) is 0 Å². The van der Waals surface area contributed by atoms with Gasteiger partial charge in [-0.1, -0.05) is 6.07 Å². The number of aryl methyl sites for hydroxylation is 1. The van der Waals surface area contributed by atoms with Gasteiger partial charge in [-0.05, 0) is 24.4 Å². The van der Waals surface area contributed by atoms with E-state index in [2.05, 4.69) is 16.9 Å². The fourth-order valence-electron chi connectivity index (χ4n) is 1.55. The van der Waals surface area contributed by atoms with Gasteiger partial charge in [0.2, 0.25) is 0 Å². The van der Waals surface area contributed by atoms with Crippen molar-refractivity contribution in [2.75, 3.05) is 0 Å². The van der Waals surface area contributed by atoms with E-state index in [0.29, 0.717) is 0 Å². The summed E-state index contributed by atoms with van der Waals surface area (Å²) in [6.45, 7) is 1.93. The van der Waals surface area contributed by atoms with Crippen LogP contribution in [0.3, 0.4) is 0 Å². The zero-order valence-electron chi connectivity index (χ0n) is 8.57. The van der Waals surface area contributed by atoms with Gasteiger partial charge in [-0.25, -0.2) is 0 Å². The Bertz CT molecular complexity index is 408. The molecule has 3 N–H and O–H groups in total. The molecule has 80 valence electrons. The predicted octanol–water partition coefficient (Wildman–Crippen LogP) is 2.40. The Balaban J connectivity index is 2.11. The SMILES string of the molecule is Cc1cc(C(Cc2cccs2)NN)co1. The van der Waals surface area contributed by atoms with Gasteiger partial charge >= 0.3 is 0 Å². The van der Waals surface area contributed by atoms with Crippen LogP contribution in [0.25, 0.3) is 0 Å². The number of rotatable bonds is 4. The largest absolute Gasteiger partial charge is 0.469 e. The summed E-state index contributed by atoms with van der Waals surface area (Å²) in [6.07, 6.45) is 2.65. The van der Waals surface area contributed by atoms with Gasteiger partial charge in [-0.2, -0.15) is 0 Å². The van der Waals surface area contributed by atoms with Crippen molar-refractivity contribution in [1.82, 2.24) is 5.43 Å². The van der Waals surface area contributed by atoms with Crippen molar-refractivity contribution < 1.29 is 4.42 Å². The quantitative estimate of drug-likeness (QED) is 0.617. The van der Waals surface area contributed by atoms with Crippen molar-refractivity contribution in [2.24, 2.45) is 5.84 Å². The van der Waals surface area contributed by atoms with Crippen LogP contribution in [-0.2, 0) is 6.42 Å². The molecule has 0 fully saturated rings. The van der Waals surface area contributed by atoms with Gasteiger partial charge in [0.1, 0.15) is 5.76 Å². The van der Waals surface area contributed by atoms with Crippen molar-refractivity contribution >= 4 is 11.3 Å². The van der Waals surface area contributed by atoms with Crippen LogP contribution in [0.2, 0.25) is 0 Å². The molecule has 15 heavy (non-hydrogen) atoms. The molecule has 3 nitrogen and oxygen atoms in total. The van der Waals surface area contributed by atoms with Crippen LogP contribution in [-0.4, -0.2) is 0 Å². The number of hydrazine groups is 1. The molecule has 2 aromatic rings. The molecule has 1 unspecified atom stereocenters. The van der Waals surface area contributed by atoms with Crippen molar-refractivity contribution in [3.63, 3.8) is 0 Å². The molecular weight excluding hydrogens is 208 g/mol. The van der Waals surface area contributed by atoms with Gasteiger partial charge in [-0.3, -0.25) is 11.3 Å². The van der Waals surface area contributed by atoms with E-state index in [1.54, 1.807) is 17.6 Å². The third-order valence-corrected chi connectivity index (χ3v) is 3.24. The lowest BCUT2D eigenvalue weighted by Gasteiger charge is -2.12. The monoisotopic (exact) mass is 222 g/mol. The Morgan fingerprint density at radius 3 is 3.00 bits per heavy atom. The molecule has 0 amide bonds. The minimum atomic E-state index is 0.126. The zero-order valence-corrected chi connectivity index (χ0v) is 9.38. The van der Waals surface area contributed by atoms with Crippen LogP contribution in [0.4, 0.5) is 0 Å². The van der Waals surface area contributed by atoms with Gasteiger partial charge in [0, 0.05) is 16.9 Å². The molecule has 0 aromatic carbocycles. The third-order valence-electron chi connectivity index (χ3n) is 2.34. The predicted molar refractivity (Wildman–Crippen MR) is 61.5 cm³/mol. The summed E-state index contributed by atoms with van der Waals surface area (Å²) in [5.41, 5.74) is 3.92. The smallest absolute Gasteiger partial charge is 0.101 e. The van der Waals surface area contributed by atoms with E-state index >= 15 is 0 Å². The summed E-state index contributed by atoms with van der Waals surface area (Å²) in [4.78, 5) is 1.32. The van der Waals surface area contributed by atoms with E-state index < -0.39 is 0 Å². The molecule has 2 heterocycles. The Hall–Kier alpha value is -1.10. The van der Waals surface area contributed by atoms with Crippen LogP contribution >= 0.6 is 11.3 Å². The average molecular weight is 222 g/mol. The molecule has 0 saturated carbocycles. The second-order valence-electron chi connectivity index (χ2n) is 3.49. The van der Waals surface area contributed by atoms with E-state index in [1.165, 1.54) is 4.88 Å². The lowest BCUT2D eigenvalue weighted by molar-refractivity contribution is 0.512. The molecule has 0 saturated heterocycles. The number of nitrogens with two attached hydrogens (primary N) is 1. The number of hydrogen-bond acceptors (Lipinski definition) is 4. The second-order valence-corrected chi connectivity index (χ2v) is 4.53. The molecule has 4 heteroatoms. The van der Waals surface area contributed by atoms with Gasteiger partial charge in [0.05, 0.1) is 12.3 Å². The fraction of sp³-hybridized carbons (Fsp3) is 0.273. The molecule has 0 aliphatic rings. The minimum Gasteiger partial charge on any atom is -0.469 e. The first-order valence-corrected chi connectivity index (χ1v) is 5.71. The van der Waals surface area contributed by atoms with Gasteiger partial charge in [0.15, 0.2) is 0 Å². The topological polar surface area (TPSA) is 51.2 Å². The van der Waals surface area contributed by atoms with Crippen LogP contribution in [0, 0.1) is 6.92 Å². The highest BCUT2D eigenvalue weighted by atomic mass is 32.1. The van der Waals surface area contributed by atoms with Crippen LogP contribution in [0.15, 0.2) is 34.3 Å². The third kappa shape index (κ3) is 2.47. The van der Waals surface area contributed by atoms with Crippen molar-refractivity contribution in [1.29, 1.82) is 0 Å². The van der Waals surface area contributed by atoms with Crippen molar-refractivity contribution in [2.45, 2.75) is 19.4 Å². The summed E-state index contributed by atoms with van der Waals surface area (Å²) in [5, 5.41) is 2.07. The number of hydrogen-bond donors (Lipinski definition) is 2.